The number of ether oxygens (including phenoxy) is 1. The maximum Gasteiger partial charge on any atom is 0.339 e. The molecule has 0 N–H and O–H groups in total. The third-order valence-electron chi connectivity index (χ3n) is 6.63. The van der Waals surface area contributed by atoms with E-state index in [-0.39, 0.29) is 5.97 Å². The van der Waals surface area contributed by atoms with Crippen LogP contribution in [0.25, 0.3) is 5.69 Å². The summed E-state index contributed by atoms with van der Waals surface area (Å²) in [4.78, 5) is 16.9. The summed E-state index contributed by atoms with van der Waals surface area (Å²) in [7, 11) is 2.07. The second-order valence-corrected chi connectivity index (χ2v) is 9.05. The van der Waals surface area contributed by atoms with E-state index in [9.17, 15) is 4.79 Å². The first-order valence-corrected chi connectivity index (χ1v) is 10.9. The monoisotopic (exact) mass is 435 g/mol. The van der Waals surface area contributed by atoms with Crippen LogP contribution >= 0.6 is 11.6 Å². The lowest BCUT2D eigenvalue weighted by Gasteiger charge is -2.39. The fourth-order valence-corrected chi connectivity index (χ4v) is 5.33. The van der Waals surface area contributed by atoms with Gasteiger partial charge in [0.1, 0.15) is 5.60 Å². The number of hydrogen-bond donors (Lipinski definition) is 0. The Bertz CT molecular complexity index is 1200. The number of fused-ring (bicyclic) bond motifs is 5. The standard InChI is InChI=1S/C23H22ClN5O2/c1-27-13-15-12-16(24)6-7-19(15)29-20(14-27)25-26-22(29)28-10-8-23(9-11-28)18-5-3-2-4-17(18)21(30)31-23/h2-7,12H,8-11,13-14H2,1H3. The van der Waals surface area contributed by atoms with E-state index in [2.05, 4.69) is 31.6 Å². The number of hydrogen-bond acceptors (Lipinski definition) is 6. The van der Waals surface area contributed by atoms with Gasteiger partial charge >= 0.3 is 5.97 Å². The molecule has 3 aliphatic rings. The smallest absolute Gasteiger partial charge is 0.339 e. The van der Waals surface area contributed by atoms with E-state index < -0.39 is 5.60 Å². The summed E-state index contributed by atoms with van der Waals surface area (Å²) in [6, 6.07) is 13.7. The van der Waals surface area contributed by atoms with E-state index in [0.29, 0.717) is 12.1 Å². The molecule has 0 amide bonds. The van der Waals surface area contributed by atoms with Gasteiger partial charge in [0.25, 0.3) is 0 Å². The molecule has 2 aromatic carbocycles. The van der Waals surface area contributed by atoms with Crippen LogP contribution in [0.1, 0.15) is 40.2 Å². The molecule has 0 bridgehead atoms. The lowest BCUT2D eigenvalue weighted by Crippen LogP contribution is -2.43. The van der Waals surface area contributed by atoms with Crippen LogP contribution in [0.3, 0.4) is 0 Å². The van der Waals surface area contributed by atoms with Gasteiger partial charge in [-0.05, 0) is 36.9 Å². The molecule has 0 saturated carbocycles. The van der Waals surface area contributed by atoms with Gasteiger partial charge in [0, 0.05) is 43.1 Å². The van der Waals surface area contributed by atoms with Crippen LogP contribution in [-0.4, -0.2) is 45.8 Å². The summed E-state index contributed by atoms with van der Waals surface area (Å²) < 4.78 is 8.07. The Labute approximate surface area is 185 Å². The molecule has 8 heteroatoms. The lowest BCUT2D eigenvalue weighted by atomic mass is 9.84. The number of anilines is 1. The number of halogens is 1. The predicted octanol–water partition coefficient (Wildman–Crippen LogP) is 3.53. The van der Waals surface area contributed by atoms with Gasteiger partial charge in [-0.2, -0.15) is 0 Å². The van der Waals surface area contributed by atoms with Gasteiger partial charge in [-0.3, -0.25) is 9.47 Å². The zero-order chi connectivity index (χ0) is 21.2. The quantitative estimate of drug-likeness (QED) is 0.545. The highest BCUT2D eigenvalue weighted by molar-refractivity contribution is 6.30. The predicted molar refractivity (Wildman–Crippen MR) is 117 cm³/mol. The van der Waals surface area contributed by atoms with Crippen molar-refractivity contribution in [1.29, 1.82) is 0 Å². The second-order valence-electron chi connectivity index (χ2n) is 8.61. The van der Waals surface area contributed by atoms with E-state index >= 15 is 0 Å². The molecule has 1 spiro atoms. The Balaban J connectivity index is 1.34. The van der Waals surface area contributed by atoms with Crippen LogP contribution in [0.15, 0.2) is 42.5 Å². The average molecular weight is 436 g/mol. The molecule has 0 radical (unpaired) electrons. The topological polar surface area (TPSA) is 63.5 Å². The number of carbonyl (C=O) groups is 1. The maximum atomic E-state index is 12.4. The molecule has 1 fully saturated rings. The van der Waals surface area contributed by atoms with Crippen molar-refractivity contribution in [2.75, 3.05) is 25.0 Å². The van der Waals surface area contributed by atoms with Gasteiger partial charge in [-0.25, -0.2) is 4.79 Å². The second kappa shape index (κ2) is 6.80. The van der Waals surface area contributed by atoms with Crippen molar-refractivity contribution in [2.45, 2.75) is 31.5 Å². The van der Waals surface area contributed by atoms with Gasteiger partial charge in [0.05, 0.1) is 17.8 Å². The van der Waals surface area contributed by atoms with Crippen LogP contribution < -0.4 is 4.90 Å². The average Bonchev–Trinajstić information content (AvgIpc) is 3.24. The fraction of sp³-hybridized carbons (Fsp3) is 0.348. The molecule has 3 aliphatic heterocycles. The first-order valence-electron chi connectivity index (χ1n) is 10.5. The van der Waals surface area contributed by atoms with E-state index in [4.69, 9.17) is 16.3 Å². The number of nitrogens with zero attached hydrogens (tertiary/aromatic N) is 5. The summed E-state index contributed by atoms with van der Waals surface area (Å²) in [6.07, 6.45) is 1.46. The van der Waals surface area contributed by atoms with E-state index in [0.717, 1.165) is 66.1 Å². The van der Waals surface area contributed by atoms with E-state index in [1.165, 1.54) is 0 Å². The summed E-state index contributed by atoms with van der Waals surface area (Å²) in [5, 5.41) is 9.81. The molecule has 6 rings (SSSR count). The largest absolute Gasteiger partial charge is 0.450 e. The Hall–Kier alpha value is -2.90. The molecule has 0 atom stereocenters. The van der Waals surface area contributed by atoms with Crippen LogP contribution in [0, 0.1) is 0 Å². The highest BCUT2D eigenvalue weighted by Gasteiger charge is 2.47. The Morgan fingerprint density at radius 2 is 1.87 bits per heavy atom. The van der Waals surface area contributed by atoms with Crippen molar-refractivity contribution in [3.8, 4) is 5.69 Å². The van der Waals surface area contributed by atoms with E-state index in [1.54, 1.807) is 0 Å². The van der Waals surface area contributed by atoms with Gasteiger partial charge in [-0.1, -0.05) is 29.8 Å². The summed E-state index contributed by atoms with van der Waals surface area (Å²) in [5.41, 5.74) is 3.41. The number of rotatable bonds is 1. The van der Waals surface area contributed by atoms with Crippen LogP contribution in [-0.2, 0) is 23.4 Å². The normalized spacial score (nSPS) is 19.5. The van der Waals surface area contributed by atoms with Crippen molar-refractivity contribution >= 4 is 23.5 Å². The molecular formula is C23H22ClN5O2. The van der Waals surface area contributed by atoms with Gasteiger partial charge in [0.15, 0.2) is 5.82 Å². The molecule has 0 unspecified atom stereocenters. The highest BCUT2D eigenvalue weighted by Crippen LogP contribution is 2.44. The maximum absolute atomic E-state index is 12.4. The molecule has 1 aromatic heterocycles. The van der Waals surface area contributed by atoms with Crippen LogP contribution in [0.5, 0.6) is 0 Å². The van der Waals surface area contributed by atoms with Crippen LogP contribution in [0.4, 0.5) is 5.95 Å². The number of esters is 1. The number of aromatic nitrogens is 3. The molecule has 1 saturated heterocycles. The third-order valence-corrected chi connectivity index (χ3v) is 6.86. The first-order chi connectivity index (χ1) is 15.0. The lowest BCUT2D eigenvalue weighted by molar-refractivity contribution is -0.0212. The third kappa shape index (κ3) is 2.87. The minimum Gasteiger partial charge on any atom is -0.450 e. The Kier molecular flexibility index (Phi) is 4.13. The summed E-state index contributed by atoms with van der Waals surface area (Å²) >= 11 is 6.28. The Morgan fingerprint density at radius 1 is 1.06 bits per heavy atom. The van der Waals surface area contributed by atoms with Gasteiger partial charge in [0.2, 0.25) is 5.95 Å². The number of carbonyl (C=O) groups excluding carboxylic acids is 1. The number of piperidine rings is 1. The SMILES string of the molecule is CN1Cc2cc(Cl)ccc2-n2c(nnc2N2CCC3(CC2)OC(=O)c2ccccc23)C1. The molecule has 7 nitrogen and oxygen atoms in total. The fourth-order valence-electron chi connectivity index (χ4n) is 5.13. The zero-order valence-corrected chi connectivity index (χ0v) is 18.0. The van der Waals surface area contributed by atoms with Crippen molar-refractivity contribution < 1.29 is 9.53 Å². The molecule has 31 heavy (non-hydrogen) atoms. The van der Waals surface area contributed by atoms with Crippen LogP contribution in [0.2, 0.25) is 5.02 Å². The molecule has 3 aromatic rings. The first kappa shape index (κ1) is 18.8. The molecule has 0 aliphatic carbocycles. The Morgan fingerprint density at radius 3 is 2.71 bits per heavy atom. The van der Waals surface area contributed by atoms with Gasteiger partial charge in [-0.15, -0.1) is 10.2 Å². The number of benzene rings is 2. The zero-order valence-electron chi connectivity index (χ0n) is 17.2. The van der Waals surface area contributed by atoms with Crippen molar-refractivity contribution in [1.82, 2.24) is 19.7 Å². The van der Waals surface area contributed by atoms with Crippen molar-refractivity contribution in [2.24, 2.45) is 0 Å². The highest BCUT2D eigenvalue weighted by atomic mass is 35.5. The minimum absolute atomic E-state index is 0.214. The molecule has 4 heterocycles. The van der Waals surface area contributed by atoms with Crippen molar-refractivity contribution in [3.63, 3.8) is 0 Å². The van der Waals surface area contributed by atoms with Crippen molar-refractivity contribution in [3.05, 3.63) is 70.0 Å². The minimum atomic E-state index is -0.530. The molecule has 158 valence electrons. The molecular weight excluding hydrogens is 414 g/mol. The van der Waals surface area contributed by atoms with E-state index in [1.807, 2.05) is 42.5 Å². The summed E-state index contributed by atoms with van der Waals surface area (Å²) in [6.45, 7) is 2.98. The summed E-state index contributed by atoms with van der Waals surface area (Å²) in [5.74, 6) is 1.53. The van der Waals surface area contributed by atoms with Gasteiger partial charge < -0.3 is 9.64 Å².